The van der Waals surface area contributed by atoms with Gasteiger partial charge in [0.25, 0.3) is 0 Å². The largest absolute Gasteiger partial charge is 0.311 e. The van der Waals surface area contributed by atoms with Gasteiger partial charge in [0.05, 0.1) is 0 Å². The maximum absolute atomic E-state index is 3.93. The third-order valence-corrected chi connectivity index (χ3v) is 5.32. The lowest BCUT2D eigenvalue weighted by Gasteiger charge is -2.44. The average Bonchev–Trinajstić information content (AvgIpc) is 2.78. The van der Waals surface area contributed by atoms with E-state index in [1.54, 1.807) is 0 Å². The molecule has 0 amide bonds. The lowest BCUT2D eigenvalue weighted by atomic mass is 9.71. The first-order valence-corrected chi connectivity index (χ1v) is 6.50. The highest BCUT2D eigenvalue weighted by molar-refractivity contribution is 4.98. The summed E-state index contributed by atoms with van der Waals surface area (Å²) >= 11 is 0. The predicted molar refractivity (Wildman–Crippen MR) is 59.1 cm³/mol. The summed E-state index contributed by atoms with van der Waals surface area (Å²) < 4.78 is 0. The highest BCUT2D eigenvalue weighted by Crippen LogP contribution is 2.45. The zero-order valence-electron chi connectivity index (χ0n) is 9.50. The molecule has 1 heteroatoms. The van der Waals surface area contributed by atoms with Crippen LogP contribution < -0.4 is 5.32 Å². The first-order chi connectivity index (χ1) is 6.74. The van der Waals surface area contributed by atoms with Crippen molar-refractivity contribution in [3.8, 4) is 0 Å². The molecule has 0 aliphatic heterocycles. The van der Waals surface area contributed by atoms with Crippen molar-refractivity contribution in [3.05, 3.63) is 0 Å². The van der Waals surface area contributed by atoms with Crippen LogP contribution in [-0.4, -0.2) is 12.1 Å². The van der Waals surface area contributed by atoms with Crippen molar-refractivity contribution in [1.29, 1.82) is 0 Å². The van der Waals surface area contributed by atoms with Crippen LogP contribution in [0.3, 0.4) is 0 Å². The van der Waals surface area contributed by atoms with Crippen molar-refractivity contribution in [1.82, 2.24) is 5.32 Å². The van der Waals surface area contributed by atoms with Gasteiger partial charge in [0.15, 0.2) is 0 Å². The number of nitrogens with one attached hydrogen (secondary N) is 1. The fourth-order valence-corrected chi connectivity index (χ4v) is 3.97. The molecular weight excluding hydrogens is 170 g/mol. The minimum absolute atomic E-state index is 0.856. The Morgan fingerprint density at radius 1 is 0.929 bits per heavy atom. The molecule has 0 saturated heterocycles. The summed E-state index contributed by atoms with van der Waals surface area (Å²) in [6, 6.07) is 1.75. The summed E-state index contributed by atoms with van der Waals surface area (Å²) in [6.07, 6.45) is 7.49. The summed E-state index contributed by atoms with van der Waals surface area (Å²) in [5.41, 5.74) is 0. The van der Waals surface area contributed by atoms with E-state index in [1.807, 2.05) is 0 Å². The van der Waals surface area contributed by atoms with Gasteiger partial charge in [-0.3, -0.25) is 0 Å². The van der Waals surface area contributed by atoms with Gasteiger partial charge in [0.2, 0.25) is 0 Å². The predicted octanol–water partition coefficient (Wildman–Crippen LogP) is 2.81. The molecule has 0 aromatic heterocycles. The van der Waals surface area contributed by atoms with Gasteiger partial charge in [0.1, 0.15) is 0 Å². The van der Waals surface area contributed by atoms with Crippen LogP contribution in [0.2, 0.25) is 0 Å². The van der Waals surface area contributed by atoms with E-state index in [1.165, 1.54) is 32.1 Å². The normalized spacial score (nSPS) is 56.1. The number of hydrogen-bond donors (Lipinski definition) is 1. The van der Waals surface area contributed by atoms with Gasteiger partial charge in [-0.1, -0.05) is 20.3 Å². The van der Waals surface area contributed by atoms with Crippen molar-refractivity contribution in [3.63, 3.8) is 0 Å². The van der Waals surface area contributed by atoms with Gasteiger partial charge in [-0.25, -0.2) is 0 Å². The van der Waals surface area contributed by atoms with Gasteiger partial charge >= 0.3 is 0 Å². The van der Waals surface area contributed by atoms with Crippen molar-refractivity contribution in [2.45, 2.75) is 58.0 Å². The number of fused-ring (bicyclic) bond motifs is 2. The fraction of sp³-hybridized carbons (Fsp3) is 1.00. The molecule has 1 N–H and O–H groups in total. The first kappa shape index (κ1) is 9.21. The molecular formula is C13H23N. The fourth-order valence-electron chi connectivity index (χ4n) is 3.97. The van der Waals surface area contributed by atoms with E-state index in [2.05, 4.69) is 19.2 Å². The van der Waals surface area contributed by atoms with E-state index in [9.17, 15) is 0 Å². The Morgan fingerprint density at radius 3 is 2.29 bits per heavy atom. The highest BCUT2D eigenvalue weighted by atomic mass is 15.0. The Morgan fingerprint density at radius 2 is 1.79 bits per heavy atom. The van der Waals surface area contributed by atoms with E-state index in [0.717, 1.165) is 35.8 Å². The van der Waals surface area contributed by atoms with Crippen LogP contribution in [0.5, 0.6) is 0 Å². The highest BCUT2D eigenvalue weighted by Gasteiger charge is 2.43. The second kappa shape index (κ2) is 3.23. The second-order valence-corrected chi connectivity index (χ2v) is 6.13. The molecule has 6 unspecified atom stereocenters. The molecule has 3 fully saturated rings. The summed E-state index contributed by atoms with van der Waals surface area (Å²) in [4.78, 5) is 0. The lowest BCUT2D eigenvalue weighted by Crippen LogP contribution is -2.53. The Labute approximate surface area is 87.7 Å². The minimum Gasteiger partial charge on any atom is -0.311 e. The van der Waals surface area contributed by atoms with E-state index in [-0.39, 0.29) is 0 Å². The van der Waals surface area contributed by atoms with Crippen LogP contribution in [0.15, 0.2) is 0 Å². The first-order valence-electron chi connectivity index (χ1n) is 6.50. The monoisotopic (exact) mass is 193 g/mol. The molecule has 3 saturated carbocycles. The molecule has 3 aliphatic rings. The molecule has 6 atom stereocenters. The topological polar surface area (TPSA) is 12.0 Å². The van der Waals surface area contributed by atoms with Crippen LogP contribution in [0.1, 0.15) is 46.0 Å². The molecule has 14 heavy (non-hydrogen) atoms. The SMILES string of the molecule is CC1CC(NC2CC3CCC2C3)C1C. The summed E-state index contributed by atoms with van der Waals surface area (Å²) in [6.45, 7) is 4.81. The van der Waals surface area contributed by atoms with Gasteiger partial charge < -0.3 is 5.32 Å². The zero-order valence-corrected chi connectivity index (χ0v) is 9.50. The molecule has 3 rings (SSSR count). The van der Waals surface area contributed by atoms with Crippen LogP contribution in [0.4, 0.5) is 0 Å². The summed E-state index contributed by atoms with van der Waals surface area (Å²) in [5.74, 6) is 4.02. The second-order valence-electron chi connectivity index (χ2n) is 6.13. The lowest BCUT2D eigenvalue weighted by molar-refractivity contribution is 0.115. The van der Waals surface area contributed by atoms with E-state index in [4.69, 9.17) is 0 Å². The smallest absolute Gasteiger partial charge is 0.0101 e. The molecule has 0 aromatic carbocycles. The van der Waals surface area contributed by atoms with E-state index >= 15 is 0 Å². The van der Waals surface area contributed by atoms with Crippen LogP contribution in [-0.2, 0) is 0 Å². The van der Waals surface area contributed by atoms with Crippen LogP contribution in [0, 0.1) is 23.7 Å². The van der Waals surface area contributed by atoms with Crippen molar-refractivity contribution >= 4 is 0 Å². The molecule has 0 heterocycles. The molecule has 3 aliphatic carbocycles. The maximum Gasteiger partial charge on any atom is 0.0101 e. The van der Waals surface area contributed by atoms with Crippen molar-refractivity contribution in [2.24, 2.45) is 23.7 Å². The number of hydrogen-bond acceptors (Lipinski definition) is 1. The van der Waals surface area contributed by atoms with E-state index in [0.29, 0.717) is 0 Å². The Kier molecular flexibility index (Phi) is 2.12. The van der Waals surface area contributed by atoms with Crippen molar-refractivity contribution < 1.29 is 0 Å². The van der Waals surface area contributed by atoms with Crippen molar-refractivity contribution in [2.75, 3.05) is 0 Å². The van der Waals surface area contributed by atoms with Gasteiger partial charge in [-0.15, -0.1) is 0 Å². The molecule has 0 spiro atoms. The maximum atomic E-state index is 3.93. The van der Waals surface area contributed by atoms with Crippen LogP contribution in [0.25, 0.3) is 0 Å². The quantitative estimate of drug-likeness (QED) is 0.711. The minimum atomic E-state index is 0.856. The standard InChI is InChI=1S/C13H23N/c1-8-5-12(9(8)2)14-13-7-10-3-4-11(13)6-10/h8-14H,3-7H2,1-2H3. The third kappa shape index (κ3) is 1.32. The molecule has 1 nitrogen and oxygen atoms in total. The number of rotatable bonds is 2. The summed E-state index contributed by atoms with van der Waals surface area (Å²) in [7, 11) is 0. The molecule has 0 radical (unpaired) electrons. The third-order valence-electron chi connectivity index (χ3n) is 5.32. The average molecular weight is 193 g/mol. The van der Waals surface area contributed by atoms with Crippen LogP contribution >= 0.6 is 0 Å². The van der Waals surface area contributed by atoms with Gasteiger partial charge in [-0.05, 0) is 49.4 Å². The van der Waals surface area contributed by atoms with Gasteiger partial charge in [-0.2, -0.15) is 0 Å². The Hall–Kier alpha value is -0.0400. The summed E-state index contributed by atoms with van der Waals surface area (Å²) in [5, 5.41) is 3.93. The molecule has 80 valence electrons. The Bertz CT molecular complexity index is 225. The van der Waals surface area contributed by atoms with Gasteiger partial charge in [0, 0.05) is 12.1 Å². The Balaban J connectivity index is 1.54. The zero-order chi connectivity index (χ0) is 9.71. The molecule has 2 bridgehead atoms. The molecule has 0 aromatic rings. The van der Waals surface area contributed by atoms with E-state index < -0.39 is 0 Å².